The van der Waals surface area contributed by atoms with Gasteiger partial charge in [0.05, 0.1) is 6.42 Å². The number of amides is 3. The van der Waals surface area contributed by atoms with Crippen molar-refractivity contribution in [2.45, 2.75) is 51.0 Å². The Balaban J connectivity index is 1.80. The van der Waals surface area contributed by atoms with Crippen molar-refractivity contribution in [3.8, 4) is 5.75 Å². The number of aromatic hydroxyl groups is 1. The summed E-state index contributed by atoms with van der Waals surface area (Å²) >= 11 is 0. The predicted molar refractivity (Wildman–Crippen MR) is 106 cm³/mol. The number of hydrogen-bond donors (Lipinski definition) is 4. The molecule has 1 aliphatic rings. The van der Waals surface area contributed by atoms with Crippen molar-refractivity contribution in [2.24, 2.45) is 11.7 Å². The highest BCUT2D eigenvalue weighted by Crippen LogP contribution is 2.27. The molecule has 0 radical (unpaired) electrons. The van der Waals surface area contributed by atoms with Crippen LogP contribution < -0.4 is 16.4 Å². The molecular formula is C21H29N3O4. The summed E-state index contributed by atoms with van der Waals surface area (Å²) in [6.45, 7) is 0.340. The number of carbonyl (C=O) groups is 3. The quantitative estimate of drug-likeness (QED) is 0.455. The van der Waals surface area contributed by atoms with Crippen LogP contribution in [0.2, 0.25) is 0 Å². The lowest BCUT2D eigenvalue weighted by molar-refractivity contribution is -0.129. The van der Waals surface area contributed by atoms with Gasteiger partial charge < -0.3 is 21.5 Å². The average molecular weight is 387 g/mol. The summed E-state index contributed by atoms with van der Waals surface area (Å²) in [6.07, 6.45) is 9.29. The highest BCUT2D eigenvalue weighted by Gasteiger charge is 2.22. The van der Waals surface area contributed by atoms with Crippen LogP contribution in [0.5, 0.6) is 5.75 Å². The Hall–Kier alpha value is -2.83. The summed E-state index contributed by atoms with van der Waals surface area (Å²) in [4.78, 5) is 35.7. The second-order valence-corrected chi connectivity index (χ2v) is 7.23. The lowest BCUT2D eigenvalue weighted by Crippen LogP contribution is -2.48. The largest absolute Gasteiger partial charge is 0.508 e. The summed E-state index contributed by atoms with van der Waals surface area (Å²) in [7, 11) is 0. The third-order valence-corrected chi connectivity index (χ3v) is 4.90. The molecule has 1 aliphatic carbocycles. The summed E-state index contributed by atoms with van der Waals surface area (Å²) in [5.74, 6) is -0.700. The second kappa shape index (κ2) is 11.1. The molecule has 7 heteroatoms. The zero-order chi connectivity index (χ0) is 20.4. The molecular weight excluding hydrogens is 358 g/mol. The number of rotatable bonds is 10. The molecule has 2 rings (SSSR count). The number of carbonyl (C=O) groups excluding carboxylic acids is 3. The van der Waals surface area contributed by atoms with Gasteiger partial charge in [0.25, 0.3) is 0 Å². The lowest BCUT2D eigenvalue weighted by Gasteiger charge is -2.16. The number of hydrogen-bond acceptors (Lipinski definition) is 4. The van der Waals surface area contributed by atoms with Gasteiger partial charge in [0.15, 0.2) is 0 Å². The Morgan fingerprint density at radius 3 is 2.50 bits per heavy atom. The summed E-state index contributed by atoms with van der Waals surface area (Å²) in [5.41, 5.74) is 6.16. The van der Waals surface area contributed by atoms with Crippen molar-refractivity contribution in [3.63, 3.8) is 0 Å². The van der Waals surface area contributed by atoms with Gasteiger partial charge in [0, 0.05) is 6.54 Å². The summed E-state index contributed by atoms with van der Waals surface area (Å²) in [6, 6.07) is 5.68. The van der Waals surface area contributed by atoms with E-state index >= 15 is 0 Å². The van der Waals surface area contributed by atoms with Crippen LogP contribution in [0.15, 0.2) is 36.4 Å². The van der Waals surface area contributed by atoms with Crippen LogP contribution in [-0.4, -0.2) is 35.4 Å². The van der Waals surface area contributed by atoms with Gasteiger partial charge in [-0.2, -0.15) is 0 Å². The van der Waals surface area contributed by atoms with E-state index in [2.05, 4.69) is 10.6 Å². The van der Waals surface area contributed by atoms with E-state index in [4.69, 9.17) is 5.73 Å². The molecule has 0 heterocycles. The van der Waals surface area contributed by atoms with E-state index in [1.54, 1.807) is 24.3 Å². The highest BCUT2D eigenvalue weighted by molar-refractivity contribution is 5.95. The Morgan fingerprint density at radius 2 is 1.86 bits per heavy atom. The van der Waals surface area contributed by atoms with Crippen LogP contribution in [0.1, 0.15) is 44.1 Å². The van der Waals surface area contributed by atoms with Crippen molar-refractivity contribution >= 4 is 17.7 Å². The predicted octanol–water partition coefficient (Wildman–Crippen LogP) is 1.55. The second-order valence-electron chi connectivity index (χ2n) is 7.23. The van der Waals surface area contributed by atoms with Crippen molar-refractivity contribution in [3.05, 3.63) is 42.0 Å². The molecule has 1 atom stereocenters. The number of nitrogens with one attached hydrogen (secondary N) is 2. The molecule has 0 aliphatic heterocycles. The molecule has 5 N–H and O–H groups in total. The highest BCUT2D eigenvalue weighted by atomic mass is 16.3. The van der Waals surface area contributed by atoms with Crippen LogP contribution in [0, 0.1) is 5.92 Å². The first-order valence-electron chi connectivity index (χ1n) is 9.75. The molecule has 1 aromatic rings. The first-order chi connectivity index (χ1) is 13.4. The average Bonchev–Trinajstić information content (AvgIpc) is 3.16. The van der Waals surface area contributed by atoms with E-state index in [1.807, 2.05) is 6.08 Å². The molecule has 1 aromatic carbocycles. The van der Waals surface area contributed by atoms with Crippen LogP contribution >= 0.6 is 0 Å². The van der Waals surface area contributed by atoms with Gasteiger partial charge in [-0.05, 0) is 42.5 Å². The van der Waals surface area contributed by atoms with Crippen molar-refractivity contribution in [1.29, 1.82) is 0 Å². The monoisotopic (exact) mass is 387 g/mol. The maximum absolute atomic E-state index is 12.3. The normalized spacial score (nSPS) is 15.4. The van der Waals surface area contributed by atoms with E-state index in [9.17, 15) is 19.5 Å². The van der Waals surface area contributed by atoms with E-state index in [0.29, 0.717) is 18.9 Å². The minimum absolute atomic E-state index is 0.179. The maximum atomic E-state index is 12.3. The molecule has 3 amide bonds. The Kier molecular flexibility index (Phi) is 8.52. The molecule has 0 bridgehead atoms. The number of nitrogens with two attached hydrogens (primary N) is 1. The molecule has 0 spiro atoms. The maximum Gasteiger partial charge on any atom is 0.244 e. The van der Waals surface area contributed by atoms with Gasteiger partial charge in [-0.3, -0.25) is 14.4 Å². The van der Waals surface area contributed by atoms with Crippen molar-refractivity contribution in [1.82, 2.24) is 10.6 Å². The topological polar surface area (TPSA) is 122 Å². The number of phenolic OH excluding ortho intramolecular Hbond substituents is 1. The minimum atomic E-state index is -0.999. The first-order valence-corrected chi connectivity index (χ1v) is 9.75. The molecule has 7 nitrogen and oxygen atoms in total. The van der Waals surface area contributed by atoms with Crippen LogP contribution in [-0.2, 0) is 20.8 Å². The Bertz CT molecular complexity index is 694. The number of benzene rings is 1. The van der Waals surface area contributed by atoms with Gasteiger partial charge in [-0.25, -0.2) is 0 Å². The van der Waals surface area contributed by atoms with E-state index in [1.165, 1.54) is 31.8 Å². The molecule has 0 saturated heterocycles. The Labute approximate surface area is 165 Å². The molecule has 152 valence electrons. The van der Waals surface area contributed by atoms with Gasteiger partial charge in [-0.1, -0.05) is 43.9 Å². The molecule has 1 saturated carbocycles. The molecule has 0 aromatic heterocycles. The van der Waals surface area contributed by atoms with Crippen LogP contribution in [0.3, 0.4) is 0 Å². The van der Waals surface area contributed by atoms with E-state index in [-0.39, 0.29) is 12.2 Å². The SMILES string of the molecule is NC(=O)C[C@@H](NC(=O)C=CCC1CCCC1)C(=O)NCCc1ccc(O)cc1. The fourth-order valence-electron chi connectivity index (χ4n) is 3.36. The molecule has 28 heavy (non-hydrogen) atoms. The fourth-order valence-corrected chi connectivity index (χ4v) is 3.36. The third kappa shape index (κ3) is 7.82. The number of primary amides is 1. The lowest BCUT2D eigenvalue weighted by atomic mass is 10.0. The van der Waals surface area contributed by atoms with E-state index < -0.39 is 23.8 Å². The number of phenols is 1. The summed E-state index contributed by atoms with van der Waals surface area (Å²) < 4.78 is 0. The number of allylic oxidation sites excluding steroid dienone is 1. The minimum Gasteiger partial charge on any atom is -0.508 e. The van der Waals surface area contributed by atoms with Gasteiger partial charge >= 0.3 is 0 Å². The molecule has 1 fully saturated rings. The standard InChI is InChI=1S/C21H29N3O4/c22-19(26)14-18(24-20(27)7-3-6-15-4-1-2-5-15)21(28)23-13-12-16-8-10-17(25)11-9-16/h3,7-11,15,18,25H,1-2,4-6,12-14H2,(H2,22,26)(H,23,28)(H,24,27)/t18-/m1/s1. The zero-order valence-electron chi connectivity index (χ0n) is 16.0. The van der Waals surface area contributed by atoms with Crippen molar-refractivity contribution < 1.29 is 19.5 Å². The van der Waals surface area contributed by atoms with Crippen LogP contribution in [0.4, 0.5) is 0 Å². The van der Waals surface area contributed by atoms with Crippen molar-refractivity contribution in [2.75, 3.05) is 6.54 Å². The van der Waals surface area contributed by atoms with Gasteiger partial charge in [0.2, 0.25) is 17.7 Å². The Morgan fingerprint density at radius 1 is 1.18 bits per heavy atom. The molecule has 0 unspecified atom stereocenters. The third-order valence-electron chi connectivity index (χ3n) is 4.90. The van der Waals surface area contributed by atoms with E-state index in [0.717, 1.165) is 12.0 Å². The fraction of sp³-hybridized carbons (Fsp3) is 0.476. The smallest absolute Gasteiger partial charge is 0.244 e. The summed E-state index contributed by atoms with van der Waals surface area (Å²) in [5, 5.41) is 14.5. The van der Waals surface area contributed by atoms with Crippen LogP contribution in [0.25, 0.3) is 0 Å². The van der Waals surface area contributed by atoms with Gasteiger partial charge in [0.1, 0.15) is 11.8 Å². The van der Waals surface area contributed by atoms with Gasteiger partial charge in [-0.15, -0.1) is 0 Å². The zero-order valence-corrected chi connectivity index (χ0v) is 16.0. The first kappa shape index (κ1) is 21.5.